The quantitative estimate of drug-likeness (QED) is 0.666. The van der Waals surface area contributed by atoms with Gasteiger partial charge in [-0.3, -0.25) is 4.79 Å². The molecule has 3 aromatic rings. The highest BCUT2D eigenvalue weighted by molar-refractivity contribution is 6.10. The van der Waals surface area contributed by atoms with Crippen LogP contribution < -0.4 is 10.6 Å². The Bertz CT molecular complexity index is 929. The molecule has 0 radical (unpaired) electrons. The second-order valence-corrected chi connectivity index (χ2v) is 6.09. The molecule has 0 spiro atoms. The SMILES string of the molecule is CC.CNCc1ccc(-c2[nH]c3cc(F)cc4c3c2CCNC4=O)cc1. The summed E-state index contributed by atoms with van der Waals surface area (Å²) in [5, 5.41) is 6.80. The van der Waals surface area contributed by atoms with Crippen LogP contribution in [-0.4, -0.2) is 24.5 Å². The summed E-state index contributed by atoms with van der Waals surface area (Å²) in [4.78, 5) is 15.5. The average molecular weight is 353 g/mol. The maximum atomic E-state index is 13.9. The Hall–Kier alpha value is -2.66. The van der Waals surface area contributed by atoms with Gasteiger partial charge in [0.15, 0.2) is 0 Å². The fraction of sp³-hybridized carbons (Fsp3) is 0.286. The number of benzene rings is 2. The van der Waals surface area contributed by atoms with E-state index in [4.69, 9.17) is 0 Å². The lowest BCUT2D eigenvalue weighted by Crippen LogP contribution is -2.23. The summed E-state index contributed by atoms with van der Waals surface area (Å²) in [7, 11) is 1.92. The number of nitrogens with one attached hydrogen (secondary N) is 3. The van der Waals surface area contributed by atoms with Crippen molar-refractivity contribution < 1.29 is 9.18 Å². The molecule has 5 heteroatoms. The van der Waals surface area contributed by atoms with Crippen LogP contribution in [0.15, 0.2) is 36.4 Å². The van der Waals surface area contributed by atoms with Crippen molar-refractivity contribution in [2.45, 2.75) is 26.8 Å². The van der Waals surface area contributed by atoms with Gasteiger partial charge in [0.2, 0.25) is 0 Å². The van der Waals surface area contributed by atoms with Crippen LogP contribution in [0, 0.1) is 5.82 Å². The van der Waals surface area contributed by atoms with Gasteiger partial charge in [-0.2, -0.15) is 0 Å². The zero-order chi connectivity index (χ0) is 18.7. The molecule has 3 N–H and O–H groups in total. The zero-order valence-electron chi connectivity index (χ0n) is 15.4. The number of hydrogen-bond acceptors (Lipinski definition) is 2. The highest BCUT2D eigenvalue weighted by Gasteiger charge is 2.23. The van der Waals surface area contributed by atoms with Crippen LogP contribution in [0.4, 0.5) is 4.39 Å². The van der Waals surface area contributed by atoms with Crippen LogP contribution >= 0.6 is 0 Å². The number of rotatable bonds is 3. The van der Waals surface area contributed by atoms with E-state index in [2.05, 4.69) is 39.9 Å². The number of carbonyl (C=O) groups excluding carboxylic acids is 1. The maximum Gasteiger partial charge on any atom is 0.252 e. The van der Waals surface area contributed by atoms with Gasteiger partial charge < -0.3 is 15.6 Å². The standard InChI is InChI=1S/C19H18FN3O.C2H6/c1-21-10-11-2-4-12(5-3-11)18-14-6-7-22-19(24)15-8-13(20)9-16(23-18)17(14)15;1-2/h2-5,8-9,21,23H,6-7,10H2,1H3,(H,22,24);1-2H3. The third-order valence-corrected chi connectivity index (χ3v) is 4.50. The minimum Gasteiger partial charge on any atom is -0.354 e. The second kappa shape index (κ2) is 7.70. The smallest absolute Gasteiger partial charge is 0.252 e. The van der Waals surface area contributed by atoms with Gasteiger partial charge in [-0.25, -0.2) is 4.39 Å². The molecule has 26 heavy (non-hydrogen) atoms. The first-order valence-corrected chi connectivity index (χ1v) is 9.03. The number of aromatic amines is 1. The van der Waals surface area contributed by atoms with Gasteiger partial charge in [0.1, 0.15) is 5.82 Å². The summed E-state index contributed by atoms with van der Waals surface area (Å²) in [5.74, 6) is -0.619. The van der Waals surface area contributed by atoms with E-state index in [-0.39, 0.29) is 5.91 Å². The Labute approximate surface area is 152 Å². The van der Waals surface area contributed by atoms with Crippen molar-refractivity contribution in [2.75, 3.05) is 13.6 Å². The number of amides is 1. The predicted octanol–water partition coefficient (Wildman–Crippen LogP) is 4.01. The maximum absolute atomic E-state index is 13.9. The highest BCUT2D eigenvalue weighted by Crippen LogP contribution is 2.34. The van der Waals surface area contributed by atoms with Gasteiger partial charge in [0.05, 0.1) is 5.56 Å². The van der Waals surface area contributed by atoms with E-state index >= 15 is 0 Å². The van der Waals surface area contributed by atoms with Crippen molar-refractivity contribution in [1.82, 2.24) is 15.6 Å². The first-order chi connectivity index (χ1) is 12.7. The van der Waals surface area contributed by atoms with Crippen LogP contribution in [0.1, 0.15) is 35.3 Å². The molecule has 1 aromatic heterocycles. The van der Waals surface area contributed by atoms with Gasteiger partial charge in [-0.05, 0) is 42.3 Å². The fourth-order valence-electron chi connectivity index (χ4n) is 3.43. The molecule has 136 valence electrons. The number of hydrogen-bond donors (Lipinski definition) is 3. The van der Waals surface area contributed by atoms with E-state index in [1.807, 2.05) is 20.9 Å². The summed E-state index contributed by atoms with van der Waals surface area (Å²) in [6, 6.07) is 11.0. The third-order valence-electron chi connectivity index (χ3n) is 4.50. The molecule has 0 aliphatic carbocycles. The Balaban J connectivity index is 0.000000948. The van der Waals surface area contributed by atoms with E-state index in [1.54, 1.807) is 0 Å². The number of halogens is 1. The van der Waals surface area contributed by atoms with Gasteiger partial charge in [-0.1, -0.05) is 38.1 Å². The van der Waals surface area contributed by atoms with Crippen molar-refractivity contribution >= 4 is 16.8 Å². The van der Waals surface area contributed by atoms with E-state index < -0.39 is 5.82 Å². The largest absolute Gasteiger partial charge is 0.354 e. The summed E-state index contributed by atoms with van der Waals surface area (Å²) >= 11 is 0. The molecule has 0 saturated heterocycles. The lowest BCUT2D eigenvalue weighted by molar-refractivity contribution is 0.0957. The van der Waals surface area contributed by atoms with Crippen molar-refractivity contribution in [1.29, 1.82) is 0 Å². The molecule has 2 aromatic carbocycles. The number of carbonyl (C=O) groups is 1. The third kappa shape index (κ3) is 3.22. The summed E-state index contributed by atoms with van der Waals surface area (Å²) < 4.78 is 13.9. The zero-order valence-corrected chi connectivity index (χ0v) is 15.4. The summed E-state index contributed by atoms with van der Waals surface area (Å²) in [6.07, 6.45) is 0.720. The molecule has 0 unspecified atom stereocenters. The van der Waals surface area contributed by atoms with E-state index in [0.29, 0.717) is 17.6 Å². The average Bonchev–Trinajstić information content (AvgIpc) is 2.92. The number of aromatic nitrogens is 1. The fourth-order valence-corrected chi connectivity index (χ4v) is 3.43. The van der Waals surface area contributed by atoms with Crippen LogP contribution in [0.5, 0.6) is 0 Å². The molecule has 0 fully saturated rings. The van der Waals surface area contributed by atoms with Gasteiger partial charge in [-0.15, -0.1) is 0 Å². The molecule has 4 nitrogen and oxygen atoms in total. The number of H-pyrrole nitrogens is 1. The minimum atomic E-state index is -0.404. The lowest BCUT2D eigenvalue weighted by Gasteiger charge is -2.06. The normalized spacial score (nSPS) is 13.0. The van der Waals surface area contributed by atoms with E-state index in [9.17, 15) is 9.18 Å². The molecule has 2 heterocycles. The second-order valence-electron chi connectivity index (χ2n) is 6.09. The first-order valence-electron chi connectivity index (χ1n) is 9.03. The molecule has 0 atom stereocenters. The monoisotopic (exact) mass is 353 g/mol. The Morgan fingerprint density at radius 2 is 1.88 bits per heavy atom. The minimum absolute atomic E-state index is 0.215. The molecule has 0 bridgehead atoms. The highest BCUT2D eigenvalue weighted by atomic mass is 19.1. The van der Waals surface area contributed by atoms with Gasteiger partial charge in [0.25, 0.3) is 5.91 Å². The van der Waals surface area contributed by atoms with Crippen LogP contribution in [0.3, 0.4) is 0 Å². The molecule has 1 amide bonds. The van der Waals surface area contributed by atoms with Crippen molar-refractivity contribution in [3.63, 3.8) is 0 Å². The van der Waals surface area contributed by atoms with Crippen LogP contribution in [0.25, 0.3) is 22.2 Å². The van der Waals surface area contributed by atoms with Gasteiger partial charge in [0, 0.05) is 29.7 Å². The lowest BCUT2D eigenvalue weighted by atomic mass is 9.99. The first kappa shape index (κ1) is 18.1. The van der Waals surface area contributed by atoms with Crippen LogP contribution in [0.2, 0.25) is 0 Å². The van der Waals surface area contributed by atoms with Gasteiger partial charge >= 0.3 is 0 Å². The Morgan fingerprint density at radius 3 is 2.58 bits per heavy atom. The molecule has 1 aliphatic heterocycles. The molecular formula is C21H24FN3O. The van der Waals surface area contributed by atoms with Crippen molar-refractivity contribution in [2.24, 2.45) is 0 Å². The summed E-state index contributed by atoms with van der Waals surface area (Å²) in [5.41, 5.74) is 5.36. The molecule has 4 rings (SSSR count). The van der Waals surface area contributed by atoms with Crippen LogP contribution in [-0.2, 0) is 13.0 Å². The Morgan fingerprint density at radius 1 is 1.15 bits per heavy atom. The molecular weight excluding hydrogens is 329 g/mol. The van der Waals surface area contributed by atoms with E-state index in [1.165, 1.54) is 17.7 Å². The van der Waals surface area contributed by atoms with Crippen molar-refractivity contribution in [3.05, 3.63) is 58.9 Å². The van der Waals surface area contributed by atoms with E-state index in [0.717, 1.165) is 35.2 Å². The topological polar surface area (TPSA) is 56.9 Å². The molecule has 1 aliphatic rings. The molecule has 0 saturated carbocycles. The Kier molecular flexibility index (Phi) is 5.38. The van der Waals surface area contributed by atoms with Crippen molar-refractivity contribution in [3.8, 4) is 11.3 Å². The predicted molar refractivity (Wildman–Crippen MR) is 104 cm³/mol. The summed E-state index contributed by atoms with van der Waals surface area (Å²) in [6.45, 7) is 5.36.